The van der Waals surface area contributed by atoms with Crippen LogP contribution in [-0.4, -0.2) is 39.4 Å². The lowest BCUT2D eigenvalue weighted by Crippen LogP contribution is -2.37. The quantitative estimate of drug-likeness (QED) is 0.635. The van der Waals surface area contributed by atoms with Crippen molar-refractivity contribution in [1.29, 1.82) is 0 Å². The summed E-state index contributed by atoms with van der Waals surface area (Å²) in [6.07, 6.45) is 5.57. The van der Waals surface area contributed by atoms with E-state index in [0.29, 0.717) is 16.5 Å². The van der Waals surface area contributed by atoms with Crippen LogP contribution in [0.2, 0.25) is 5.02 Å². The van der Waals surface area contributed by atoms with Gasteiger partial charge in [-0.3, -0.25) is 9.59 Å². The number of nitrogens with one attached hydrogen (secondary N) is 1. The van der Waals surface area contributed by atoms with Crippen molar-refractivity contribution in [3.8, 4) is 0 Å². The van der Waals surface area contributed by atoms with Crippen LogP contribution in [0.1, 0.15) is 41.3 Å². The van der Waals surface area contributed by atoms with E-state index in [0.717, 1.165) is 60.3 Å². The Balaban J connectivity index is 1.55. The minimum atomic E-state index is -0.271. The molecule has 162 valence electrons. The number of fused-ring (bicyclic) bond motifs is 1. The summed E-state index contributed by atoms with van der Waals surface area (Å²) < 4.78 is 2.13. The first-order chi connectivity index (χ1) is 14.8. The third-order valence-electron chi connectivity index (χ3n) is 6.08. The zero-order valence-corrected chi connectivity index (χ0v) is 18.9. The van der Waals surface area contributed by atoms with E-state index < -0.39 is 0 Å². The predicted molar refractivity (Wildman–Crippen MR) is 124 cm³/mol. The van der Waals surface area contributed by atoms with Crippen molar-refractivity contribution in [1.82, 2.24) is 14.5 Å². The fourth-order valence-electron chi connectivity index (χ4n) is 4.25. The summed E-state index contributed by atoms with van der Waals surface area (Å²) in [6.45, 7) is 8.05. The topological polar surface area (TPSA) is 67.2 Å². The van der Waals surface area contributed by atoms with Crippen molar-refractivity contribution < 1.29 is 9.59 Å². The maximum absolute atomic E-state index is 12.8. The molecule has 2 amide bonds. The minimum Gasteiger partial charge on any atom is -0.343 e. The highest BCUT2D eigenvalue weighted by atomic mass is 35.5. The molecule has 0 radical (unpaired) electrons. The predicted octanol–water partition coefficient (Wildman–Crippen LogP) is 4.82. The van der Waals surface area contributed by atoms with E-state index in [1.165, 1.54) is 0 Å². The van der Waals surface area contributed by atoms with Crippen molar-refractivity contribution in [2.75, 3.05) is 18.4 Å². The van der Waals surface area contributed by atoms with Crippen molar-refractivity contribution >= 4 is 40.1 Å². The number of amides is 2. The van der Waals surface area contributed by atoms with Gasteiger partial charge in [-0.25, -0.2) is 4.98 Å². The average molecular weight is 439 g/mol. The first-order valence-electron chi connectivity index (χ1n) is 10.6. The molecule has 1 aliphatic heterocycles. The van der Waals surface area contributed by atoms with Crippen LogP contribution >= 0.6 is 11.6 Å². The highest BCUT2D eigenvalue weighted by Gasteiger charge is 2.23. The van der Waals surface area contributed by atoms with E-state index in [-0.39, 0.29) is 11.8 Å². The van der Waals surface area contributed by atoms with Gasteiger partial charge in [0.05, 0.1) is 10.6 Å². The Morgan fingerprint density at radius 1 is 1.16 bits per heavy atom. The Morgan fingerprint density at radius 3 is 2.48 bits per heavy atom. The normalized spacial score (nSPS) is 14.8. The molecule has 2 aromatic heterocycles. The Morgan fingerprint density at radius 2 is 1.84 bits per heavy atom. The Hall–Kier alpha value is -2.86. The van der Waals surface area contributed by atoms with Crippen LogP contribution in [0.4, 0.5) is 5.69 Å². The Bertz CT molecular complexity index is 1130. The molecule has 0 saturated carbocycles. The highest BCUT2D eigenvalue weighted by molar-refractivity contribution is 6.39. The lowest BCUT2D eigenvalue weighted by Gasteiger charge is -2.31. The van der Waals surface area contributed by atoms with Gasteiger partial charge in [0, 0.05) is 50.0 Å². The van der Waals surface area contributed by atoms with E-state index in [1.807, 2.05) is 43.0 Å². The zero-order chi connectivity index (χ0) is 22.1. The van der Waals surface area contributed by atoms with Gasteiger partial charge in [-0.05, 0) is 50.3 Å². The fourth-order valence-corrected chi connectivity index (χ4v) is 4.62. The van der Waals surface area contributed by atoms with Gasteiger partial charge in [0.15, 0.2) is 0 Å². The second-order valence-electron chi connectivity index (χ2n) is 8.42. The van der Waals surface area contributed by atoms with Crippen LogP contribution in [-0.2, 0) is 11.3 Å². The molecule has 1 aromatic carbocycles. The standard InChI is InChI=1S/C24H27ClN4O2/c1-15-4-6-19(7-5-15)27-24(31)20-12-26-23-21(22(20)25)16(2)13-29(23)14-18-8-10-28(11-9-18)17(3)30/h4-7,12-13,18H,8-11,14H2,1-3H3,(H,27,31). The summed E-state index contributed by atoms with van der Waals surface area (Å²) in [7, 11) is 0. The molecule has 1 N–H and O–H groups in total. The minimum absolute atomic E-state index is 0.144. The van der Waals surface area contributed by atoms with Crippen LogP contribution in [0, 0.1) is 19.8 Å². The molecule has 6 nitrogen and oxygen atoms in total. The summed E-state index contributed by atoms with van der Waals surface area (Å²) in [6, 6.07) is 7.63. The van der Waals surface area contributed by atoms with Gasteiger partial charge in [-0.1, -0.05) is 29.3 Å². The van der Waals surface area contributed by atoms with Crippen molar-refractivity contribution in [2.24, 2.45) is 5.92 Å². The smallest absolute Gasteiger partial charge is 0.258 e. The summed E-state index contributed by atoms with van der Waals surface area (Å²) in [4.78, 5) is 30.9. The summed E-state index contributed by atoms with van der Waals surface area (Å²) in [5.74, 6) is 0.355. The average Bonchev–Trinajstić information content (AvgIpc) is 3.06. The summed E-state index contributed by atoms with van der Waals surface area (Å²) in [5.41, 5.74) is 4.01. The molecule has 1 aliphatic rings. The van der Waals surface area contributed by atoms with Crippen molar-refractivity contribution in [3.63, 3.8) is 0 Å². The van der Waals surface area contributed by atoms with Gasteiger partial charge < -0.3 is 14.8 Å². The lowest BCUT2D eigenvalue weighted by molar-refractivity contribution is -0.130. The zero-order valence-electron chi connectivity index (χ0n) is 18.1. The third-order valence-corrected chi connectivity index (χ3v) is 6.47. The monoisotopic (exact) mass is 438 g/mol. The number of hydrogen-bond donors (Lipinski definition) is 1. The molecule has 0 spiro atoms. The number of carbonyl (C=O) groups excluding carboxylic acids is 2. The molecular weight excluding hydrogens is 412 g/mol. The fraction of sp³-hybridized carbons (Fsp3) is 0.375. The lowest BCUT2D eigenvalue weighted by atomic mass is 9.96. The van der Waals surface area contributed by atoms with Gasteiger partial charge in [0.25, 0.3) is 5.91 Å². The molecule has 1 fully saturated rings. The number of piperidine rings is 1. The van der Waals surface area contributed by atoms with Gasteiger partial charge >= 0.3 is 0 Å². The number of rotatable bonds is 4. The Labute approximate surface area is 187 Å². The van der Waals surface area contributed by atoms with E-state index in [1.54, 1.807) is 13.1 Å². The summed E-state index contributed by atoms with van der Waals surface area (Å²) in [5, 5.41) is 4.14. The molecular formula is C24H27ClN4O2. The number of carbonyl (C=O) groups is 2. The molecule has 0 aliphatic carbocycles. The maximum Gasteiger partial charge on any atom is 0.258 e. The molecule has 0 unspecified atom stereocenters. The first-order valence-corrected chi connectivity index (χ1v) is 11.0. The van der Waals surface area contributed by atoms with Gasteiger partial charge in [-0.15, -0.1) is 0 Å². The molecule has 31 heavy (non-hydrogen) atoms. The van der Waals surface area contributed by atoms with Crippen LogP contribution in [0.25, 0.3) is 11.0 Å². The van der Waals surface area contributed by atoms with Gasteiger partial charge in [-0.2, -0.15) is 0 Å². The van der Waals surface area contributed by atoms with Crippen LogP contribution in [0.3, 0.4) is 0 Å². The second kappa shape index (κ2) is 8.71. The van der Waals surface area contributed by atoms with Gasteiger partial charge in [0.2, 0.25) is 5.91 Å². The molecule has 3 aromatic rings. The number of nitrogens with zero attached hydrogens (tertiary/aromatic N) is 3. The first kappa shape index (κ1) is 21.4. The largest absolute Gasteiger partial charge is 0.343 e. The molecule has 4 rings (SSSR count). The number of halogens is 1. The molecule has 1 saturated heterocycles. The number of benzene rings is 1. The molecule has 0 atom stereocenters. The number of hydrogen-bond acceptors (Lipinski definition) is 3. The third kappa shape index (κ3) is 4.44. The highest BCUT2D eigenvalue weighted by Crippen LogP contribution is 2.32. The maximum atomic E-state index is 12.8. The number of pyridine rings is 1. The van der Waals surface area contributed by atoms with Crippen molar-refractivity contribution in [3.05, 3.63) is 58.4 Å². The Kier molecular flexibility index (Phi) is 6.01. The summed E-state index contributed by atoms with van der Waals surface area (Å²) >= 11 is 6.68. The molecule has 0 bridgehead atoms. The van der Waals surface area contributed by atoms with Crippen molar-refractivity contribution in [2.45, 2.75) is 40.2 Å². The van der Waals surface area contributed by atoms with Crippen LogP contribution in [0.5, 0.6) is 0 Å². The number of aryl methyl sites for hydroxylation is 2. The van der Waals surface area contributed by atoms with Crippen LogP contribution < -0.4 is 5.32 Å². The van der Waals surface area contributed by atoms with Gasteiger partial charge in [0.1, 0.15) is 5.65 Å². The SMILES string of the molecule is CC(=O)N1CCC(Cn2cc(C)c3c(Cl)c(C(=O)Nc4ccc(C)cc4)cnc32)CC1. The second-order valence-corrected chi connectivity index (χ2v) is 8.80. The van der Waals surface area contributed by atoms with E-state index in [2.05, 4.69) is 21.1 Å². The van der Waals surface area contributed by atoms with E-state index >= 15 is 0 Å². The van der Waals surface area contributed by atoms with E-state index in [9.17, 15) is 9.59 Å². The number of likely N-dealkylation sites (tertiary alicyclic amines) is 1. The molecule has 7 heteroatoms. The van der Waals surface area contributed by atoms with Crippen LogP contribution in [0.15, 0.2) is 36.7 Å². The molecule has 3 heterocycles. The number of aromatic nitrogens is 2. The van der Waals surface area contributed by atoms with E-state index in [4.69, 9.17) is 11.6 Å². The number of anilines is 1.